The molecule has 0 radical (unpaired) electrons. The summed E-state index contributed by atoms with van der Waals surface area (Å²) < 4.78 is 11.1. The van der Waals surface area contributed by atoms with Gasteiger partial charge in [-0.05, 0) is 38.5 Å². The van der Waals surface area contributed by atoms with Crippen molar-refractivity contribution >= 4 is 5.97 Å². The van der Waals surface area contributed by atoms with Gasteiger partial charge < -0.3 is 14.6 Å². The van der Waals surface area contributed by atoms with Crippen molar-refractivity contribution in [3.63, 3.8) is 0 Å². The Balaban J connectivity index is 3.42. The molecule has 0 heterocycles. The van der Waals surface area contributed by atoms with Crippen LogP contribution in [0.3, 0.4) is 0 Å². The predicted molar refractivity (Wildman–Crippen MR) is 178 cm³/mol. The number of carbonyl (C=O) groups is 1. The third-order valence-corrected chi connectivity index (χ3v) is 8.13. The molecule has 0 aromatic heterocycles. The summed E-state index contributed by atoms with van der Waals surface area (Å²) in [5, 5.41) is 9.55. The molecule has 4 heteroatoms. The molecule has 0 saturated heterocycles. The van der Waals surface area contributed by atoms with Crippen molar-refractivity contribution in [2.24, 2.45) is 0 Å². The van der Waals surface area contributed by atoms with Crippen LogP contribution in [0.15, 0.2) is 12.2 Å². The Morgan fingerprint density at radius 3 is 1.39 bits per heavy atom. The van der Waals surface area contributed by atoms with Gasteiger partial charge in [0.15, 0.2) is 0 Å². The molecule has 0 aliphatic carbocycles. The van der Waals surface area contributed by atoms with E-state index in [0.29, 0.717) is 13.0 Å². The van der Waals surface area contributed by atoms with Crippen molar-refractivity contribution in [2.75, 3.05) is 19.8 Å². The molecule has 0 unspecified atom stereocenters. The van der Waals surface area contributed by atoms with E-state index in [9.17, 15) is 9.90 Å². The minimum Gasteiger partial charge on any atom is -0.463 e. The maximum atomic E-state index is 12.0. The minimum absolute atomic E-state index is 0.0988. The molecule has 0 aliphatic rings. The quantitative estimate of drug-likeness (QED) is 0.0467. The van der Waals surface area contributed by atoms with Crippen LogP contribution in [-0.4, -0.2) is 37.0 Å². The van der Waals surface area contributed by atoms with Crippen molar-refractivity contribution in [2.45, 2.75) is 200 Å². The molecule has 244 valence electrons. The van der Waals surface area contributed by atoms with Gasteiger partial charge in [0, 0.05) is 13.0 Å². The number of hydrogen-bond donors (Lipinski definition) is 1. The number of esters is 1. The Hall–Kier alpha value is -0.870. The molecular formula is C37H72O4. The van der Waals surface area contributed by atoms with E-state index < -0.39 is 6.10 Å². The molecule has 0 fully saturated rings. The predicted octanol–water partition coefficient (Wildman–Crippen LogP) is 11.4. The number of carbonyl (C=O) groups excluding carboxylic acids is 1. The number of allylic oxidation sites excluding steroid dienone is 2. The van der Waals surface area contributed by atoms with Gasteiger partial charge in [-0.2, -0.15) is 0 Å². The lowest BCUT2D eigenvalue weighted by molar-refractivity contribution is -0.149. The number of aliphatic hydroxyl groups excluding tert-OH is 1. The maximum absolute atomic E-state index is 12.0. The standard InChI is InChI=1S/C37H72O4/c1-3-5-7-9-11-13-15-17-18-19-21-23-25-27-29-31-33-40-36(34-38)35-41-37(39)32-30-28-26-24-22-20-16-14-12-10-8-6-4-2/h17-18,36,38H,3-16,19-35H2,1-2H3/b18-17-/t36-/m0/s1. The minimum atomic E-state index is -0.395. The van der Waals surface area contributed by atoms with E-state index in [0.717, 1.165) is 25.7 Å². The van der Waals surface area contributed by atoms with E-state index in [1.807, 2.05) is 0 Å². The number of rotatable bonds is 34. The topological polar surface area (TPSA) is 55.8 Å². The first-order valence-corrected chi connectivity index (χ1v) is 18.3. The van der Waals surface area contributed by atoms with Crippen LogP contribution in [0.5, 0.6) is 0 Å². The Kier molecular flexibility index (Phi) is 34.6. The average Bonchev–Trinajstić information content (AvgIpc) is 2.98. The first kappa shape index (κ1) is 40.1. The van der Waals surface area contributed by atoms with Gasteiger partial charge in [-0.15, -0.1) is 0 Å². The van der Waals surface area contributed by atoms with E-state index in [-0.39, 0.29) is 19.2 Å². The second-order valence-corrected chi connectivity index (χ2v) is 12.3. The van der Waals surface area contributed by atoms with Crippen LogP contribution in [0.2, 0.25) is 0 Å². The molecule has 1 N–H and O–H groups in total. The summed E-state index contributed by atoms with van der Waals surface area (Å²) in [5.74, 6) is -0.160. The molecule has 0 aromatic rings. The average molecular weight is 581 g/mol. The Morgan fingerprint density at radius 2 is 0.951 bits per heavy atom. The Morgan fingerprint density at radius 1 is 0.561 bits per heavy atom. The fraction of sp³-hybridized carbons (Fsp3) is 0.919. The summed E-state index contributed by atoms with van der Waals surface area (Å²) in [6.07, 6.45) is 39.7. The lowest BCUT2D eigenvalue weighted by Crippen LogP contribution is -2.26. The number of hydrogen-bond acceptors (Lipinski definition) is 4. The summed E-state index contributed by atoms with van der Waals surface area (Å²) >= 11 is 0. The van der Waals surface area contributed by atoms with Crippen LogP contribution in [0.25, 0.3) is 0 Å². The third-order valence-electron chi connectivity index (χ3n) is 8.13. The second-order valence-electron chi connectivity index (χ2n) is 12.3. The fourth-order valence-electron chi connectivity index (χ4n) is 5.30. The molecule has 0 saturated carbocycles. The SMILES string of the molecule is CCCCCCCC/C=C\CCCCCCCCO[C@@H](CO)COC(=O)CCCCCCCCCCCCCCC. The zero-order chi connectivity index (χ0) is 29.9. The smallest absolute Gasteiger partial charge is 0.305 e. The molecule has 0 bridgehead atoms. The summed E-state index contributed by atoms with van der Waals surface area (Å²) in [6.45, 7) is 5.24. The fourth-order valence-corrected chi connectivity index (χ4v) is 5.30. The summed E-state index contributed by atoms with van der Waals surface area (Å²) in [6, 6.07) is 0. The second kappa shape index (κ2) is 35.3. The molecular weight excluding hydrogens is 508 g/mol. The monoisotopic (exact) mass is 581 g/mol. The normalized spacial score (nSPS) is 12.4. The van der Waals surface area contributed by atoms with Gasteiger partial charge >= 0.3 is 5.97 Å². The van der Waals surface area contributed by atoms with E-state index in [1.165, 1.54) is 148 Å². The van der Waals surface area contributed by atoms with Crippen molar-refractivity contribution in [3.8, 4) is 0 Å². The van der Waals surface area contributed by atoms with Gasteiger partial charge in [0.05, 0.1) is 6.61 Å². The zero-order valence-corrected chi connectivity index (χ0v) is 27.8. The van der Waals surface area contributed by atoms with Gasteiger partial charge in [0.1, 0.15) is 12.7 Å². The highest BCUT2D eigenvalue weighted by Gasteiger charge is 2.11. The van der Waals surface area contributed by atoms with E-state index in [1.54, 1.807) is 0 Å². The van der Waals surface area contributed by atoms with Gasteiger partial charge in [-0.3, -0.25) is 4.79 Å². The molecule has 0 aliphatic heterocycles. The van der Waals surface area contributed by atoms with Gasteiger partial charge in [0.2, 0.25) is 0 Å². The summed E-state index contributed by atoms with van der Waals surface area (Å²) in [4.78, 5) is 12.0. The molecule has 0 aromatic carbocycles. The maximum Gasteiger partial charge on any atom is 0.305 e. The summed E-state index contributed by atoms with van der Waals surface area (Å²) in [5.41, 5.74) is 0. The Labute approximate surface area is 256 Å². The largest absolute Gasteiger partial charge is 0.463 e. The Bertz CT molecular complexity index is 533. The molecule has 1 atom stereocenters. The number of aliphatic hydroxyl groups is 1. The van der Waals surface area contributed by atoms with Crippen molar-refractivity contribution in [1.82, 2.24) is 0 Å². The first-order valence-electron chi connectivity index (χ1n) is 18.3. The van der Waals surface area contributed by atoms with E-state index in [4.69, 9.17) is 9.47 Å². The van der Waals surface area contributed by atoms with Crippen LogP contribution >= 0.6 is 0 Å². The lowest BCUT2D eigenvalue weighted by Gasteiger charge is -2.15. The van der Waals surface area contributed by atoms with Crippen LogP contribution in [0.1, 0.15) is 194 Å². The van der Waals surface area contributed by atoms with E-state index in [2.05, 4.69) is 26.0 Å². The molecule has 0 spiro atoms. The number of unbranched alkanes of at least 4 members (excludes halogenated alkanes) is 24. The zero-order valence-electron chi connectivity index (χ0n) is 27.8. The highest BCUT2D eigenvalue weighted by molar-refractivity contribution is 5.69. The third kappa shape index (κ3) is 33.5. The first-order chi connectivity index (χ1) is 20.2. The van der Waals surface area contributed by atoms with Crippen LogP contribution in [0.4, 0.5) is 0 Å². The van der Waals surface area contributed by atoms with Gasteiger partial charge in [0.25, 0.3) is 0 Å². The summed E-state index contributed by atoms with van der Waals surface area (Å²) in [7, 11) is 0. The van der Waals surface area contributed by atoms with Crippen molar-refractivity contribution < 1.29 is 19.4 Å². The highest BCUT2D eigenvalue weighted by atomic mass is 16.6. The molecule has 0 amide bonds. The molecule has 0 rings (SSSR count). The number of ether oxygens (including phenoxy) is 2. The van der Waals surface area contributed by atoms with Crippen molar-refractivity contribution in [3.05, 3.63) is 12.2 Å². The van der Waals surface area contributed by atoms with Gasteiger partial charge in [-0.25, -0.2) is 0 Å². The highest BCUT2D eigenvalue weighted by Crippen LogP contribution is 2.14. The van der Waals surface area contributed by atoms with Gasteiger partial charge in [-0.1, -0.05) is 161 Å². The van der Waals surface area contributed by atoms with Crippen LogP contribution < -0.4 is 0 Å². The van der Waals surface area contributed by atoms with E-state index >= 15 is 0 Å². The van der Waals surface area contributed by atoms with Crippen LogP contribution in [-0.2, 0) is 14.3 Å². The lowest BCUT2D eigenvalue weighted by atomic mass is 10.0. The van der Waals surface area contributed by atoms with Crippen molar-refractivity contribution in [1.29, 1.82) is 0 Å². The molecule has 4 nitrogen and oxygen atoms in total. The van der Waals surface area contributed by atoms with Crippen LogP contribution in [0, 0.1) is 0 Å². The molecule has 41 heavy (non-hydrogen) atoms.